The first-order chi connectivity index (χ1) is 18.1. The fourth-order valence-corrected chi connectivity index (χ4v) is 4.69. The molecule has 0 bridgehead atoms. The summed E-state index contributed by atoms with van der Waals surface area (Å²) in [5.41, 5.74) is 9.19. The van der Waals surface area contributed by atoms with E-state index in [2.05, 4.69) is 30.2 Å². The Morgan fingerprint density at radius 1 is 1.13 bits per heavy atom. The molecular formula is C24H28N10O3S. The second-order valence-electron chi connectivity index (χ2n) is 9.38. The van der Waals surface area contributed by atoms with Gasteiger partial charge >= 0.3 is 0 Å². The van der Waals surface area contributed by atoms with Crippen molar-refractivity contribution in [3.8, 4) is 11.4 Å². The number of rotatable bonds is 8. The first-order valence-corrected chi connectivity index (χ1v) is 13.8. The van der Waals surface area contributed by atoms with Crippen molar-refractivity contribution in [2.45, 2.75) is 63.4 Å². The number of nitrogens with two attached hydrogens (primary N) is 2. The number of nitrogens with one attached hydrogen (secondary N) is 1. The summed E-state index contributed by atoms with van der Waals surface area (Å²) in [6.07, 6.45) is 5.48. The number of pyridine rings is 1. The molecule has 4 heterocycles. The van der Waals surface area contributed by atoms with Gasteiger partial charge in [-0.05, 0) is 45.2 Å². The van der Waals surface area contributed by atoms with E-state index in [9.17, 15) is 13.2 Å². The van der Waals surface area contributed by atoms with Gasteiger partial charge in [0.05, 0.1) is 35.4 Å². The first kappa shape index (κ1) is 25.6. The van der Waals surface area contributed by atoms with Crippen LogP contribution in [0.1, 0.15) is 62.2 Å². The van der Waals surface area contributed by atoms with Gasteiger partial charge in [0.15, 0.2) is 17.3 Å². The van der Waals surface area contributed by atoms with Gasteiger partial charge in [-0.15, -0.1) is 0 Å². The molecule has 0 aromatic carbocycles. The molecule has 1 aliphatic rings. The van der Waals surface area contributed by atoms with Crippen molar-refractivity contribution in [2.24, 2.45) is 5.14 Å². The number of primary sulfonamides is 1. The van der Waals surface area contributed by atoms with Crippen LogP contribution in [0.2, 0.25) is 0 Å². The summed E-state index contributed by atoms with van der Waals surface area (Å²) in [6, 6.07) is 2.71. The molecule has 5 N–H and O–H groups in total. The predicted molar refractivity (Wildman–Crippen MR) is 142 cm³/mol. The molecular weight excluding hydrogens is 508 g/mol. The van der Waals surface area contributed by atoms with E-state index < -0.39 is 10.0 Å². The number of hydrogen-bond donors (Lipinski definition) is 3. The number of hydrogen-bond acceptors (Lipinski definition) is 11. The van der Waals surface area contributed by atoms with Crippen molar-refractivity contribution in [3.63, 3.8) is 0 Å². The van der Waals surface area contributed by atoms with Gasteiger partial charge in [-0.3, -0.25) is 14.3 Å². The Balaban J connectivity index is 1.56. The second-order valence-corrected chi connectivity index (χ2v) is 10.9. The van der Waals surface area contributed by atoms with Crippen LogP contribution in [0, 0.1) is 6.92 Å². The molecule has 0 amide bonds. The van der Waals surface area contributed by atoms with Crippen LogP contribution in [0.15, 0.2) is 34.2 Å². The summed E-state index contributed by atoms with van der Waals surface area (Å²) in [5.74, 6) is 1.05. The highest BCUT2D eigenvalue weighted by atomic mass is 32.2. The van der Waals surface area contributed by atoms with E-state index >= 15 is 0 Å². The molecule has 14 heteroatoms. The number of aromatic nitrogens is 7. The van der Waals surface area contributed by atoms with Crippen LogP contribution in [-0.4, -0.2) is 42.9 Å². The van der Waals surface area contributed by atoms with Crippen molar-refractivity contribution in [2.75, 3.05) is 11.1 Å². The summed E-state index contributed by atoms with van der Waals surface area (Å²) in [4.78, 5) is 40.2. The maximum absolute atomic E-state index is 13.6. The molecule has 198 valence electrons. The molecule has 0 aliphatic heterocycles. The van der Waals surface area contributed by atoms with Gasteiger partial charge in [0.25, 0.3) is 5.56 Å². The van der Waals surface area contributed by atoms with E-state index in [1.54, 1.807) is 10.8 Å². The van der Waals surface area contributed by atoms with Crippen LogP contribution < -0.4 is 21.7 Å². The van der Waals surface area contributed by atoms with E-state index in [0.29, 0.717) is 40.7 Å². The lowest BCUT2D eigenvalue weighted by molar-refractivity contribution is 0.526. The van der Waals surface area contributed by atoms with E-state index in [1.165, 1.54) is 18.3 Å². The monoisotopic (exact) mass is 536 g/mol. The maximum Gasteiger partial charge on any atom is 0.295 e. The molecule has 1 saturated carbocycles. The molecule has 1 atom stereocenters. The molecule has 0 saturated heterocycles. The summed E-state index contributed by atoms with van der Waals surface area (Å²) >= 11 is 0. The van der Waals surface area contributed by atoms with Crippen molar-refractivity contribution < 1.29 is 8.42 Å². The van der Waals surface area contributed by atoms with Gasteiger partial charge in [-0.2, -0.15) is 0 Å². The lowest BCUT2D eigenvalue weighted by atomic mass is 10.1. The third kappa shape index (κ3) is 4.91. The van der Waals surface area contributed by atoms with Gasteiger partial charge in [0.2, 0.25) is 16.0 Å². The van der Waals surface area contributed by atoms with Gasteiger partial charge in [-0.1, -0.05) is 6.92 Å². The Hall–Kier alpha value is -4.04. The van der Waals surface area contributed by atoms with Crippen LogP contribution in [0.4, 0.5) is 11.8 Å². The Morgan fingerprint density at radius 2 is 1.89 bits per heavy atom. The lowest BCUT2D eigenvalue weighted by Crippen LogP contribution is -2.28. The highest BCUT2D eigenvalue weighted by Crippen LogP contribution is 2.43. The van der Waals surface area contributed by atoms with E-state index in [-0.39, 0.29) is 34.8 Å². The third-order valence-corrected chi connectivity index (χ3v) is 7.45. The summed E-state index contributed by atoms with van der Waals surface area (Å²) in [6.45, 7) is 5.92. The minimum atomic E-state index is -3.85. The molecule has 1 aliphatic carbocycles. The molecule has 38 heavy (non-hydrogen) atoms. The molecule has 0 spiro atoms. The fraction of sp³-hybridized carbons (Fsp3) is 0.375. The number of nitrogens with zero attached hydrogens (tertiary/aromatic N) is 7. The Labute approximate surface area is 218 Å². The first-order valence-electron chi connectivity index (χ1n) is 12.2. The van der Waals surface area contributed by atoms with Crippen LogP contribution in [0.25, 0.3) is 22.6 Å². The van der Waals surface area contributed by atoms with Gasteiger partial charge in [0, 0.05) is 18.2 Å². The average Bonchev–Trinajstić information content (AvgIpc) is 3.72. The molecule has 1 fully saturated rings. The van der Waals surface area contributed by atoms with E-state index in [1.807, 2.05) is 20.8 Å². The van der Waals surface area contributed by atoms with E-state index in [0.717, 1.165) is 24.1 Å². The average molecular weight is 537 g/mol. The van der Waals surface area contributed by atoms with Crippen LogP contribution >= 0.6 is 0 Å². The zero-order valence-electron chi connectivity index (χ0n) is 21.2. The molecule has 4 aromatic rings. The topological polar surface area (TPSA) is 198 Å². The summed E-state index contributed by atoms with van der Waals surface area (Å²) < 4.78 is 24.5. The number of sulfonamides is 1. The van der Waals surface area contributed by atoms with Gasteiger partial charge in [0.1, 0.15) is 10.4 Å². The zero-order chi connectivity index (χ0) is 27.2. The Bertz CT molecular complexity index is 1700. The number of anilines is 2. The molecule has 0 radical (unpaired) electrons. The Kier molecular flexibility index (Phi) is 6.53. The second kappa shape index (κ2) is 9.68. The highest BCUT2D eigenvalue weighted by Gasteiger charge is 2.31. The van der Waals surface area contributed by atoms with Crippen LogP contribution in [-0.2, 0) is 16.6 Å². The SMILES string of the molecule is CCC(C)n1c(=O)c(NCc2ccc(S(N)(=O)=O)cn2)nc2cnc(-c3c(C)nc(N)nc3C3CC3)nc21. The predicted octanol–water partition coefficient (Wildman–Crippen LogP) is 2.04. The van der Waals surface area contributed by atoms with Gasteiger partial charge in [-0.25, -0.2) is 38.5 Å². The lowest BCUT2D eigenvalue weighted by Gasteiger charge is -2.18. The molecule has 5 rings (SSSR count). The summed E-state index contributed by atoms with van der Waals surface area (Å²) in [7, 11) is -3.85. The molecule has 4 aromatic heterocycles. The van der Waals surface area contributed by atoms with Crippen molar-refractivity contribution in [1.29, 1.82) is 0 Å². The normalized spacial score (nSPS) is 14.5. The zero-order valence-corrected chi connectivity index (χ0v) is 22.0. The molecule has 13 nitrogen and oxygen atoms in total. The summed E-state index contributed by atoms with van der Waals surface area (Å²) in [5, 5.41) is 8.15. The largest absolute Gasteiger partial charge is 0.368 e. The smallest absolute Gasteiger partial charge is 0.295 e. The fourth-order valence-electron chi connectivity index (χ4n) is 4.23. The number of aryl methyl sites for hydroxylation is 1. The maximum atomic E-state index is 13.6. The third-order valence-electron chi connectivity index (χ3n) is 6.55. The van der Waals surface area contributed by atoms with Crippen LogP contribution in [0.5, 0.6) is 0 Å². The minimum Gasteiger partial charge on any atom is -0.368 e. The standard InChI is InChI=1S/C24H28N10O3S/c1-4-12(2)34-22-17(11-29-20(33-22)18-13(3)30-24(25)32-19(18)14-5-6-14)31-21(23(34)35)28-9-15-7-8-16(10-27-15)38(26,36)37/h7-8,10-12,14H,4-6,9H2,1-3H3,(H,28,31)(H2,25,30,32)(H2,26,36,37). The molecule has 1 unspecified atom stereocenters. The number of nitrogen functional groups attached to an aromatic ring is 1. The van der Waals surface area contributed by atoms with Crippen molar-refractivity contribution in [1.82, 2.24) is 34.5 Å². The van der Waals surface area contributed by atoms with E-state index in [4.69, 9.17) is 15.9 Å². The van der Waals surface area contributed by atoms with Crippen molar-refractivity contribution >= 4 is 33.0 Å². The quantitative estimate of drug-likeness (QED) is 0.298. The highest BCUT2D eigenvalue weighted by molar-refractivity contribution is 7.89. The van der Waals surface area contributed by atoms with Crippen molar-refractivity contribution in [3.05, 3.63) is 52.0 Å². The minimum absolute atomic E-state index is 0.0938. The van der Waals surface area contributed by atoms with Gasteiger partial charge < -0.3 is 11.1 Å². The van der Waals surface area contributed by atoms with Crippen LogP contribution in [0.3, 0.4) is 0 Å². The number of fused-ring (bicyclic) bond motifs is 1. The Morgan fingerprint density at radius 3 is 2.53 bits per heavy atom.